The second-order valence-corrected chi connectivity index (χ2v) is 40.3. The monoisotopic (exact) mass is 1930 g/mol. The SMILES string of the molecule is c1ccc(-c2cccc(-c3ccc(-c4nc5c(-c6ccc7c(c6)C6(c8ccccc8-c8ccccc86)c6ccccc6-7)ncnc5s4)cc3)c2)cc1.c1cncc(-c2cccc(-c3ccc(-c4nc5c(-c6ccc(-c7cccc8ccccc78)cc6)ncnc5s4)cc3)c2)c1.c1cncc(-c2cccc(-c3ccc(-c4nc5c(-c6ccc7c(c6)C6(c8ccccc8-c8ccccc86)c6ccccc6-7)ncnc5s4)cc3)c2)c1. The lowest BCUT2D eigenvalue weighted by molar-refractivity contribution is 0.794. The van der Waals surface area contributed by atoms with Crippen LogP contribution in [0.2, 0.25) is 0 Å². The molecule has 8 heterocycles. The van der Waals surface area contributed by atoms with Crippen LogP contribution >= 0.6 is 34.0 Å². The summed E-state index contributed by atoms with van der Waals surface area (Å²) in [6.07, 6.45) is 12.4. The van der Waals surface area contributed by atoms with E-state index in [9.17, 15) is 0 Å². The summed E-state index contributed by atoms with van der Waals surface area (Å²) in [6.45, 7) is 0. The van der Waals surface area contributed by atoms with Crippen molar-refractivity contribution in [1.29, 1.82) is 0 Å². The lowest BCUT2D eigenvalue weighted by Crippen LogP contribution is -2.25. The number of hydrogen-bond donors (Lipinski definition) is 0. The summed E-state index contributed by atoms with van der Waals surface area (Å²) < 4.78 is 0. The number of benzene rings is 18. The lowest BCUT2D eigenvalue weighted by Gasteiger charge is -2.30. The molecule has 18 aromatic carbocycles. The third-order valence-corrected chi connectivity index (χ3v) is 32.5. The first-order valence-corrected chi connectivity index (χ1v) is 51.6. The van der Waals surface area contributed by atoms with Gasteiger partial charge in [-0.25, -0.2) is 44.9 Å². The zero-order chi connectivity index (χ0) is 97.0. The van der Waals surface area contributed by atoms with E-state index in [0.29, 0.717) is 0 Å². The molecule has 0 radical (unpaired) electrons. The van der Waals surface area contributed by atoms with Crippen LogP contribution in [0.1, 0.15) is 44.5 Å². The van der Waals surface area contributed by atoms with Crippen molar-refractivity contribution in [3.63, 3.8) is 0 Å². The van der Waals surface area contributed by atoms with Gasteiger partial charge in [-0.3, -0.25) is 9.97 Å². The second kappa shape index (κ2) is 35.8. The van der Waals surface area contributed by atoms with Crippen molar-refractivity contribution in [2.24, 2.45) is 0 Å². The van der Waals surface area contributed by atoms with Crippen LogP contribution in [-0.2, 0) is 10.8 Å². The normalized spacial score (nSPS) is 12.6. The molecule has 147 heavy (non-hydrogen) atoms. The predicted octanol–water partition coefficient (Wildman–Crippen LogP) is 33.6. The molecule has 11 nitrogen and oxygen atoms in total. The number of thiazole rings is 3. The minimum atomic E-state index is -0.409. The van der Waals surface area contributed by atoms with E-state index in [-0.39, 0.29) is 0 Å². The minimum absolute atomic E-state index is 0.406. The maximum atomic E-state index is 5.20. The van der Waals surface area contributed by atoms with Gasteiger partial charge in [0, 0.05) is 69.3 Å². The van der Waals surface area contributed by atoms with Crippen LogP contribution in [0.4, 0.5) is 0 Å². The molecule has 0 unspecified atom stereocenters. The predicted molar refractivity (Wildman–Crippen MR) is 602 cm³/mol. The zero-order valence-electron chi connectivity index (χ0n) is 78.9. The molecule has 4 aliphatic rings. The standard InChI is InChI=1S/C48H29N3S.C47H28N4S.C38H24N4S/c1-2-11-30(12-3-1)33-13-10-14-34(27-33)31-21-23-32(24-22-31)46-51-45-44(49-29-50-47(45)52-46)35-25-26-39-38-17-6-9-20-42(38)48(43(39)28-35)40-18-7-4-15-36(40)37-16-5-8-19-41(37)48;1-4-15-39-35(12-1)36-13-2-5-16-40(36)47(39)41-17-6-3-14-37(41)38-23-22-33(26-42(38)47)43-44-46(50-28-49-43)52-45(51-44)30-20-18-29(19-21-30)31-9-7-10-32(25-31)34-11-8-24-48-27-34;1-2-11-33-26(6-1)7-4-12-34(33)27-15-17-28(18-16-27)35-36-38(41-24-40-35)43-37(42-36)29-19-13-25(14-20-29)30-8-3-9-31(22-30)32-10-5-21-39-23-32/h1-29H;1-28H;1-24H. The number of aromatic nitrogens is 11. The molecule has 0 aliphatic heterocycles. The maximum Gasteiger partial charge on any atom is 0.147 e. The van der Waals surface area contributed by atoms with Gasteiger partial charge in [-0.2, -0.15) is 0 Å². The van der Waals surface area contributed by atoms with Crippen molar-refractivity contribution in [2.75, 3.05) is 0 Å². The summed E-state index contributed by atoms with van der Waals surface area (Å²) in [5, 5.41) is 5.28. The number of pyridine rings is 2. The molecule has 0 saturated carbocycles. The Bertz CT molecular complexity index is 9160. The van der Waals surface area contributed by atoms with Gasteiger partial charge in [-0.05, 0) is 209 Å². The van der Waals surface area contributed by atoms with Gasteiger partial charge >= 0.3 is 0 Å². The van der Waals surface area contributed by atoms with Gasteiger partial charge in [-0.15, -0.1) is 0 Å². The van der Waals surface area contributed by atoms with Crippen LogP contribution in [0.25, 0.3) is 230 Å². The summed E-state index contributed by atoms with van der Waals surface area (Å²) in [5.41, 5.74) is 47.7. The van der Waals surface area contributed by atoms with Gasteiger partial charge in [0.05, 0.1) is 10.8 Å². The molecule has 8 aromatic heterocycles. The van der Waals surface area contributed by atoms with Crippen molar-refractivity contribution in [3.05, 3.63) is 537 Å². The highest BCUT2D eigenvalue weighted by Gasteiger charge is 2.53. The Kier molecular flexibility index (Phi) is 21.0. The highest BCUT2D eigenvalue weighted by molar-refractivity contribution is 7.22. The fourth-order valence-electron chi connectivity index (χ4n) is 22.8. The molecule has 26 aromatic rings. The Balaban J connectivity index is 0.000000107. The molecule has 4 aliphatic carbocycles. The van der Waals surface area contributed by atoms with Crippen LogP contribution in [0, 0.1) is 0 Å². The van der Waals surface area contributed by atoms with E-state index < -0.39 is 10.8 Å². The summed E-state index contributed by atoms with van der Waals surface area (Å²) >= 11 is 4.81. The second-order valence-electron chi connectivity index (χ2n) is 37.4. The Morgan fingerprint density at radius 2 is 0.435 bits per heavy atom. The maximum absolute atomic E-state index is 5.20. The van der Waals surface area contributed by atoms with E-state index in [1.54, 1.807) is 65.4 Å². The van der Waals surface area contributed by atoms with Crippen molar-refractivity contribution in [3.8, 4) is 188 Å². The molecule has 2 spiro atoms. The molecule has 0 atom stereocenters. The first-order valence-electron chi connectivity index (χ1n) is 49.1. The minimum Gasteiger partial charge on any atom is -0.264 e. The topological polar surface area (TPSA) is 142 Å². The van der Waals surface area contributed by atoms with Gasteiger partial charge < -0.3 is 0 Å². The van der Waals surface area contributed by atoms with Crippen LogP contribution in [0.5, 0.6) is 0 Å². The van der Waals surface area contributed by atoms with E-state index in [1.807, 2.05) is 24.5 Å². The summed E-state index contributed by atoms with van der Waals surface area (Å²) in [4.78, 5) is 55.0. The fraction of sp³-hybridized carbons (Fsp3) is 0.0150. The van der Waals surface area contributed by atoms with Crippen molar-refractivity contribution in [1.82, 2.24) is 54.8 Å². The smallest absolute Gasteiger partial charge is 0.147 e. The fourth-order valence-corrected chi connectivity index (χ4v) is 25.5. The van der Waals surface area contributed by atoms with Crippen LogP contribution < -0.4 is 0 Å². The number of hydrogen-bond acceptors (Lipinski definition) is 14. The molecular weight excluding hydrogens is 1850 g/mol. The Morgan fingerprint density at radius 1 is 0.170 bits per heavy atom. The highest BCUT2D eigenvalue weighted by atomic mass is 32.1. The molecule has 0 N–H and O–H groups in total. The van der Waals surface area contributed by atoms with E-state index >= 15 is 0 Å². The molecule has 0 amide bonds. The van der Waals surface area contributed by atoms with Gasteiger partial charge in [0.1, 0.15) is 82.1 Å². The summed E-state index contributed by atoms with van der Waals surface area (Å²) in [5.74, 6) is 0. The summed E-state index contributed by atoms with van der Waals surface area (Å²) in [7, 11) is 0. The average Bonchev–Trinajstić information content (AvgIpc) is 1.51. The Morgan fingerprint density at radius 3 is 0.803 bits per heavy atom. The first-order chi connectivity index (χ1) is 72.8. The molecule has 686 valence electrons. The van der Waals surface area contributed by atoms with E-state index in [1.165, 1.54) is 133 Å². The van der Waals surface area contributed by atoms with Crippen LogP contribution in [0.3, 0.4) is 0 Å². The van der Waals surface area contributed by atoms with Crippen molar-refractivity contribution < 1.29 is 0 Å². The van der Waals surface area contributed by atoms with Gasteiger partial charge in [0.25, 0.3) is 0 Å². The third-order valence-electron chi connectivity index (χ3n) is 29.5. The molecule has 0 fully saturated rings. The molecule has 0 bridgehead atoms. The molecule has 14 heteroatoms. The van der Waals surface area contributed by atoms with E-state index in [0.717, 1.165) is 141 Å². The van der Waals surface area contributed by atoms with Gasteiger partial charge in [-0.1, -0.05) is 440 Å². The van der Waals surface area contributed by atoms with Crippen molar-refractivity contribution >= 4 is 75.8 Å². The quantitative estimate of drug-likeness (QED) is 0.109. The van der Waals surface area contributed by atoms with Crippen LogP contribution in [0.15, 0.2) is 493 Å². The lowest BCUT2D eigenvalue weighted by atomic mass is 9.70. The average molecular weight is 1930 g/mol. The van der Waals surface area contributed by atoms with Gasteiger partial charge in [0.2, 0.25) is 0 Å². The molecule has 0 saturated heterocycles. The largest absolute Gasteiger partial charge is 0.264 e. The van der Waals surface area contributed by atoms with Crippen LogP contribution in [-0.4, -0.2) is 54.8 Å². The zero-order valence-corrected chi connectivity index (χ0v) is 81.4. The number of rotatable bonds is 13. The van der Waals surface area contributed by atoms with Crippen molar-refractivity contribution in [2.45, 2.75) is 10.8 Å². The Labute approximate surface area is 859 Å². The molecular formula is C133H81N11S3. The molecule has 30 rings (SSSR count). The highest BCUT2D eigenvalue weighted by Crippen LogP contribution is 2.66. The van der Waals surface area contributed by atoms with E-state index in [2.05, 4.69) is 457 Å². The summed E-state index contributed by atoms with van der Waals surface area (Å²) in [6, 6.07) is 161. The Hall–Kier alpha value is -18.6. The van der Waals surface area contributed by atoms with E-state index in [4.69, 9.17) is 34.9 Å². The third kappa shape index (κ3) is 14.6. The first kappa shape index (κ1) is 86.3. The number of fused-ring (bicyclic) bond motifs is 24. The number of nitrogens with zero attached hydrogens (tertiary/aromatic N) is 11. The van der Waals surface area contributed by atoms with Gasteiger partial charge in [0.15, 0.2) is 0 Å².